The van der Waals surface area contributed by atoms with Crippen molar-refractivity contribution in [2.24, 2.45) is 5.92 Å². The predicted octanol–water partition coefficient (Wildman–Crippen LogP) is 2.95. The van der Waals surface area contributed by atoms with E-state index in [1.165, 1.54) is 26.7 Å². The monoisotopic (exact) mass is 1020 g/mol. The second kappa shape index (κ2) is 32.9. The van der Waals surface area contributed by atoms with Crippen molar-refractivity contribution in [3.8, 4) is 0 Å². The van der Waals surface area contributed by atoms with Crippen LogP contribution in [0.3, 0.4) is 0 Å². The van der Waals surface area contributed by atoms with Gasteiger partial charge in [-0.15, -0.1) is 0 Å². The zero-order valence-electron chi connectivity index (χ0n) is 40.6. The second-order valence-corrected chi connectivity index (χ2v) is 27.0. The first-order chi connectivity index (χ1) is 32.1. The number of hydrogen-bond acceptors (Lipinski definition) is 22. The van der Waals surface area contributed by atoms with Crippen LogP contribution in [0.5, 0.6) is 0 Å². The Morgan fingerprint density at radius 3 is 1.62 bits per heavy atom. The summed E-state index contributed by atoms with van der Waals surface area (Å²) >= 11 is 0. The van der Waals surface area contributed by atoms with E-state index >= 15 is 0 Å². The molecule has 0 aliphatic carbocycles. The first-order valence-corrected chi connectivity index (χ1v) is 30.0. The smallest absolute Gasteiger partial charge is 0.476 e. The van der Waals surface area contributed by atoms with Crippen LogP contribution in [0.2, 0.25) is 18.1 Å². The molecule has 66 heavy (non-hydrogen) atoms. The van der Waals surface area contributed by atoms with Gasteiger partial charge in [-0.25, -0.2) is 0 Å². The summed E-state index contributed by atoms with van der Waals surface area (Å²) in [4.78, 5) is 0. The number of ether oxygens (including phenoxy) is 10. The maximum atomic E-state index is 7.12. The molecule has 388 valence electrons. The third kappa shape index (κ3) is 21.2. The number of hydrogen-bond donors (Lipinski definition) is 0. The Balaban J connectivity index is 1.79. The molecule has 0 saturated carbocycles. The van der Waals surface area contributed by atoms with Crippen LogP contribution in [0, 0.1) is 5.92 Å². The van der Waals surface area contributed by atoms with Gasteiger partial charge in [0.2, 0.25) is 0 Å². The van der Waals surface area contributed by atoms with Gasteiger partial charge < -0.3 is 100 Å². The maximum Gasteiger partial charge on any atom is 0.527 e. The average molecular weight is 1030 g/mol. The van der Waals surface area contributed by atoms with Crippen molar-refractivity contribution < 1.29 is 100 Å². The topological polar surface area (TPSA) is 210 Å². The van der Waals surface area contributed by atoms with E-state index < -0.39 is 46.9 Å². The third-order valence-electron chi connectivity index (χ3n) is 11.1. The molecule has 3 fully saturated rings. The molecule has 5 unspecified atom stereocenters. The van der Waals surface area contributed by atoms with Crippen molar-refractivity contribution >= 4 is 35.2 Å². The summed E-state index contributed by atoms with van der Waals surface area (Å²) < 4.78 is 131. The van der Waals surface area contributed by atoms with Gasteiger partial charge in [0.1, 0.15) is 24.0 Å². The fraction of sp³-hybridized carbons (Fsp3) is 0.900. The zero-order valence-corrected chi connectivity index (χ0v) is 44.6. The van der Waals surface area contributed by atoms with Crippen LogP contribution in [0.15, 0.2) is 25.7 Å². The Bertz CT molecular complexity index is 1260. The minimum Gasteiger partial charge on any atom is -0.476 e. The van der Waals surface area contributed by atoms with Crippen molar-refractivity contribution in [3.05, 3.63) is 25.7 Å². The Labute approximate surface area is 396 Å². The third-order valence-corrected chi connectivity index (χ3v) is 22.1. The normalized spacial score (nSPS) is 21.5. The molecule has 3 rings (SSSR count). The molecule has 0 aromatic carbocycles. The molecule has 0 bridgehead atoms. The van der Waals surface area contributed by atoms with Gasteiger partial charge in [-0.3, -0.25) is 0 Å². The molecule has 0 N–H and O–H groups in total. The first-order valence-electron chi connectivity index (χ1n) is 22.3. The molecule has 0 amide bonds. The SMILES string of the molecule is C=COCOCCC[Si](OC)(OC)OC(COCCC1COCC1(CO[Si](CCCOCC1CO1)(OC)OC)O[Si](CCCOCC1CO1)(OC)OC)CO[Si](COCOC=C)(OC)OC. The van der Waals surface area contributed by atoms with E-state index in [0.29, 0.717) is 83.5 Å². The minimum absolute atomic E-state index is 0.00457. The van der Waals surface area contributed by atoms with Crippen LogP contribution in [0.1, 0.15) is 25.7 Å². The van der Waals surface area contributed by atoms with Gasteiger partial charge in [0.05, 0.1) is 84.7 Å². The van der Waals surface area contributed by atoms with Gasteiger partial charge >= 0.3 is 35.2 Å². The van der Waals surface area contributed by atoms with Crippen LogP contribution in [0.4, 0.5) is 0 Å². The molecule has 0 aromatic rings. The van der Waals surface area contributed by atoms with Crippen molar-refractivity contribution in [1.82, 2.24) is 0 Å². The van der Waals surface area contributed by atoms with Crippen LogP contribution in [0.25, 0.3) is 0 Å². The average Bonchev–Trinajstić information content (AvgIpc) is 4.30. The molecular formula is C40H80O22Si4. The van der Waals surface area contributed by atoms with Gasteiger partial charge in [-0.2, -0.15) is 0 Å². The molecule has 3 saturated heterocycles. The van der Waals surface area contributed by atoms with E-state index in [9.17, 15) is 0 Å². The highest BCUT2D eigenvalue weighted by atomic mass is 28.4. The van der Waals surface area contributed by atoms with E-state index in [-0.39, 0.29) is 71.0 Å². The lowest BCUT2D eigenvalue weighted by Crippen LogP contribution is -2.59. The Kier molecular flexibility index (Phi) is 29.7. The number of rotatable bonds is 47. The molecule has 26 heteroatoms. The molecule has 5 atom stereocenters. The molecule has 0 spiro atoms. The molecule has 3 aliphatic rings. The van der Waals surface area contributed by atoms with Crippen LogP contribution < -0.4 is 0 Å². The van der Waals surface area contributed by atoms with E-state index in [4.69, 9.17) is 100 Å². The summed E-state index contributed by atoms with van der Waals surface area (Å²) in [7, 11) is -0.715. The van der Waals surface area contributed by atoms with E-state index in [2.05, 4.69) is 13.2 Å². The zero-order chi connectivity index (χ0) is 48.0. The summed E-state index contributed by atoms with van der Waals surface area (Å²) in [5.74, 6) is -0.232. The maximum absolute atomic E-state index is 7.12. The largest absolute Gasteiger partial charge is 0.527 e. The fourth-order valence-electron chi connectivity index (χ4n) is 6.91. The first kappa shape index (κ1) is 59.5. The highest BCUT2D eigenvalue weighted by molar-refractivity contribution is 6.62. The highest BCUT2D eigenvalue weighted by Crippen LogP contribution is 2.38. The lowest BCUT2D eigenvalue weighted by molar-refractivity contribution is -0.0878. The molecule has 0 radical (unpaired) electrons. The van der Waals surface area contributed by atoms with Gasteiger partial charge in [-0.1, -0.05) is 13.2 Å². The van der Waals surface area contributed by atoms with Crippen LogP contribution >= 0.6 is 0 Å². The summed E-state index contributed by atoms with van der Waals surface area (Å²) in [5.41, 5.74) is -1.02. The summed E-state index contributed by atoms with van der Waals surface area (Å²) in [6.07, 6.45) is 4.62. The predicted molar refractivity (Wildman–Crippen MR) is 243 cm³/mol. The minimum atomic E-state index is -3.37. The van der Waals surface area contributed by atoms with Gasteiger partial charge in [0, 0.05) is 101 Å². The quantitative estimate of drug-likeness (QED) is 0.0282. The summed E-state index contributed by atoms with van der Waals surface area (Å²) in [6.45, 7) is 12.0. The highest BCUT2D eigenvalue weighted by Gasteiger charge is 2.55. The van der Waals surface area contributed by atoms with Crippen molar-refractivity contribution in [1.29, 1.82) is 0 Å². The number of epoxide rings is 2. The van der Waals surface area contributed by atoms with Crippen molar-refractivity contribution in [2.75, 3.05) is 163 Å². The van der Waals surface area contributed by atoms with Crippen molar-refractivity contribution in [3.63, 3.8) is 0 Å². The molecule has 0 aromatic heterocycles. The lowest BCUT2D eigenvalue weighted by Gasteiger charge is -2.42. The second-order valence-electron chi connectivity index (χ2n) is 15.5. The molecular weight excluding hydrogens is 945 g/mol. The van der Waals surface area contributed by atoms with E-state index in [0.717, 1.165) is 13.2 Å². The van der Waals surface area contributed by atoms with Crippen LogP contribution in [-0.2, 0) is 100 Å². The van der Waals surface area contributed by atoms with Gasteiger partial charge in [-0.05, 0) is 25.7 Å². The molecule has 3 aliphatic heterocycles. The standard InChI is InChI=1S/C40H80O22Si4/c1-11-49-33-54-19-15-22-64(43-5,44-6)61-39(30-59-66(47-9,48-10)35-56-34-50-12-2)27-53-20-16-36-24-55-31-40(36,62-65(45-7,46-8)23-14-18-52-26-38-29-58-38)32-60-63(41-3,42-4)21-13-17-51-25-37-28-57-37/h11-12,36-39H,1-2,13-35H2,3-10H3. The molecule has 22 nitrogen and oxygen atoms in total. The Morgan fingerprint density at radius 1 is 0.576 bits per heavy atom. The van der Waals surface area contributed by atoms with E-state index in [1.54, 1.807) is 42.7 Å². The van der Waals surface area contributed by atoms with Crippen molar-refractivity contribution in [2.45, 2.75) is 67.7 Å². The fourth-order valence-corrected chi connectivity index (χ4v) is 14.8. The molecule has 3 heterocycles. The Morgan fingerprint density at radius 2 is 1.09 bits per heavy atom. The lowest BCUT2D eigenvalue weighted by atomic mass is 9.89. The summed E-state index contributed by atoms with van der Waals surface area (Å²) in [5, 5.41) is 0. The van der Waals surface area contributed by atoms with Crippen LogP contribution in [-0.4, -0.2) is 222 Å². The summed E-state index contributed by atoms with van der Waals surface area (Å²) in [6, 6.07) is 1.45. The Hall–Kier alpha value is -0.852. The van der Waals surface area contributed by atoms with Gasteiger partial charge in [0.25, 0.3) is 0 Å². The van der Waals surface area contributed by atoms with E-state index in [1.807, 2.05) is 0 Å². The van der Waals surface area contributed by atoms with Gasteiger partial charge in [0.15, 0.2) is 13.6 Å².